The zero-order chi connectivity index (χ0) is 11.4. The van der Waals surface area contributed by atoms with Crippen LogP contribution in [0.15, 0.2) is 12.1 Å². The molecule has 0 radical (unpaired) electrons. The first-order chi connectivity index (χ1) is 7.58. The molecule has 0 spiro atoms. The molecule has 0 aromatic heterocycles. The highest BCUT2D eigenvalue weighted by Gasteiger charge is 2.49. The zero-order valence-corrected chi connectivity index (χ0v) is 10.3. The minimum Gasteiger partial charge on any atom is -0.322 e. The van der Waals surface area contributed by atoms with Crippen LogP contribution in [0.25, 0.3) is 0 Å². The smallest absolute Gasteiger partial charge is 0.237 e. The van der Waals surface area contributed by atoms with Crippen LogP contribution in [-0.4, -0.2) is 9.83 Å². The molecule has 1 N–H and O–H groups in total. The third kappa shape index (κ3) is 1.44. The molecule has 0 bridgehead atoms. The lowest BCUT2D eigenvalue weighted by molar-refractivity contribution is -0.115. The standard InChI is InChI=1S/C11H8F2INO/c12-4-1-7-5-3-6(5)9(14)11(16)15-10(7)8(13)2-4/h1-2,5-6,9H,3H2,(H,15,16)/t5?,6?,9-/m1/s1. The maximum absolute atomic E-state index is 13.5. The van der Waals surface area contributed by atoms with E-state index in [-0.39, 0.29) is 27.4 Å². The average molecular weight is 335 g/mol. The number of nitrogens with one attached hydrogen (secondary N) is 1. The van der Waals surface area contributed by atoms with Crippen LogP contribution in [0, 0.1) is 17.6 Å². The molecule has 1 saturated carbocycles. The number of carbonyl (C=O) groups is 1. The summed E-state index contributed by atoms with van der Waals surface area (Å²) in [6.07, 6.45) is 0.844. The molecule has 2 nitrogen and oxygen atoms in total. The summed E-state index contributed by atoms with van der Waals surface area (Å²) < 4.78 is 26.5. The van der Waals surface area contributed by atoms with Gasteiger partial charge in [0.1, 0.15) is 11.6 Å². The SMILES string of the molecule is O=C1Nc2c(F)cc(F)cc2C2CC2[C@H]1I. The van der Waals surface area contributed by atoms with Crippen molar-refractivity contribution in [3.63, 3.8) is 0 Å². The Kier molecular flexibility index (Phi) is 2.21. The van der Waals surface area contributed by atoms with Gasteiger partial charge in [-0.15, -0.1) is 0 Å². The van der Waals surface area contributed by atoms with E-state index < -0.39 is 11.6 Å². The molecule has 2 unspecified atom stereocenters. The first-order valence-corrected chi connectivity index (χ1v) is 6.26. The van der Waals surface area contributed by atoms with Gasteiger partial charge < -0.3 is 5.32 Å². The molecule has 3 atom stereocenters. The summed E-state index contributed by atoms with van der Waals surface area (Å²) in [6, 6.07) is 2.14. The monoisotopic (exact) mass is 335 g/mol. The molecule has 1 aliphatic carbocycles. The molecule has 2 aliphatic rings. The molecule has 1 aromatic rings. The highest BCUT2D eigenvalue weighted by Crippen LogP contribution is 2.55. The second-order valence-electron chi connectivity index (χ2n) is 4.25. The van der Waals surface area contributed by atoms with Crippen molar-refractivity contribution in [2.45, 2.75) is 16.3 Å². The van der Waals surface area contributed by atoms with Gasteiger partial charge in [0.05, 0.1) is 9.61 Å². The third-order valence-electron chi connectivity index (χ3n) is 3.20. The van der Waals surface area contributed by atoms with E-state index in [0.29, 0.717) is 5.56 Å². The van der Waals surface area contributed by atoms with E-state index in [2.05, 4.69) is 27.9 Å². The highest BCUT2D eigenvalue weighted by atomic mass is 127. The van der Waals surface area contributed by atoms with Gasteiger partial charge in [-0.2, -0.15) is 0 Å². The van der Waals surface area contributed by atoms with Crippen LogP contribution in [0.3, 0.4) is 0 Å². The van der Waals surface area contributed by atoms with Crippen molar-refractivity contribution in [1.82, 2.24) is 0 Å². The number of benzene rings is 1. The van der Waals surface area contributed by atoms with Crippen LogP contribution < -0.4 is 5.32 Å². The van der Waals surface area contributed by atoms with Gasteiger partial charge in [-0.3, -0.25) is 4.79 Å². The Labute approximate surface area is 105 Å². The second kappa shape index (κ2) is 3.38. The van der Waals surface area contributed by atoms with Gasteiger partial charge in [-0.1, -0.05) is 22.6 Å². The van der Waals surface area contributed by atoms with Gasteiger partial charge in [0, 0.05) is 6.07 Å². The maximum Gasteiger partial charge on any atom is 0.237 e. The summed E-state index contributed by atoms with van der Waals surface area (Å²) in [7, 11) is 0. The summed E-state index contributed by atoms with van der Waals surface area (Å²) in [5.41, 5.74) is 0.771. The zero-order valence-electron chi connectivity index (χ0n) is 8.14. The quantitative estimate of drug-likeness (QED) is 0.573. The Morgan fingerprint density at radius 2 is 2.12 bits per heavy atom. The molecule has 1 amide bonds. The van der Waals surface area contributed by atoms with Gasteiger partial charge >= 0.3 is 0 Å². The number of halogens is 3. The van der Waals surface area contributed by atoms with Crippen molar-refractivity contribution < 1.29 is 13.6 Å². The van der Waals surface area contributed by atoms with Crippen molar-refractivity contribution in [3.05, 3.63) is 29.3 Å². The fourth-order valence-electron chi connectivity index (χ4n) is 2.30. The Hall–Kier alpha value is -0.720. The Bertz CT molecular complexity index is 491. The van der Waals surface area contributed by atoms with E-state index in [1.165, 1.54) is 6.07 Å². The number of anilines is 1. The minimum absolute atomic E-state index is 0.126. The first kappa shape index (κ1) is 10.4. The predicted octanol–water partition coefficient (Wildman–Crippen LogP) is 2.82. The van der Waals surface area contributed by atoms with Gasteiger partial charge in [-0.25, -0.2) is 8.78 Å². The molecule has 5 heteroatoms. The molecule has 1 fully saturated rings. The number of hydrogen-bond donors (Lipinski definition) is 1. The lowest BCUT2D eigenvalue weighted by Gasteiger charge is -2.10. The molecule has 16 heavy (non-hydrogen) atoms. The second-order valence-corrected chi connectivity index (χ2v) is 5.59. The van der Waals surface area contributed by atoms with Gasteiger partial charge in [0.25, 0.3) is 0 Å². The highest BCUT2D eigenvalue weighted by molar-refractivity contribution is 14.1. The molecule has 0 saturated heterocycles. The first-order valence-electron chi connectivity index (χ1n) is 5.02. The van der Waals surface area contributed by atoms with E-state index in [9.17, 15) is 13.6 Å². The van der Waals surface area contributed by atoms with Crippen molar-refractivity contribution in [3.8, 4) is 0 Å². The molecular formula is C11H8F2INO. The lowest BCUT2D eigenvalue weighted by Crippen LogP contribution is -2.23. The van der Waals surface area contributed by atoms with E-state index in [0.717, 1.165) is 12.5 Å². The number of hydrogen-bond acceptors (Lipinski definition) is 1. The van der Waals surface area contributed by atoms with Crippen molar-refractivity contribution in [1.29, 1.82) is 0 Å². The van der Waals surface area contributed by atoms with Crippen molar-refractivity contribution >= 4 is 34.2 Å². The molecule has 1 aliphatic heterocycles. The van der Waals surface area contributed by atoms with E-state index in [4.69, 9.17) is 0 Å². The Balaban J connectivity index is 2.15. The maximum atomic E-state index is 13.5. The van der Waals surface area contributed by atoms with Gasteiger partial charge in [0.2, 0.25) is 5.91 Å². The summed E-state index contributed by atoms with van der Waals surface area (Å²) in [5, 5.41) is 2.54. The van der Waals surface area contributed by atoms with Crippen molar-refractivity contribution in [2.75, 3.05) is 5.32 Å². The molecular weight excluding hydrogens is 327 g/mol. The summed E-state index contributed by atoms with van der Waals surface area (Å²) in [5.74, 6) is -1.09. The van der Waals surface area contributed by atoms with Crippen LogP contribution in [0.4, 0.5) is 14.5 Å². The molecule has 3 rings (SSSR count). The van der Waals surface area contributed by atoms with Gasteiger partial charge in [-0.05, 0) is 29.9 Å². The Morgan fingerprint density at radius 3 is 2.88 bits per heavy atom. The van der Waals surface area contributed by atoms with Crippen LogP contribution in [0.1, 0.15) is 17.9 Å². The molecule has 1 heterocycles. The van der Waals surface area contributed by atoms with Crippen molar-refractivity contribution in [2.24, 2.45) is 5.92 Å². The van der Waals surface area contributed by atoms with Crippen LogP contribution >= 0.6 is 22.6 Å². The van der Waals surface area contributed by atoms with Crippen LogP contribution in [0.5, 0.6) is 0 Å². The number of rotatable bonds is 0. The van der Waals surface area contributed by atoms with E-state index in [1.54, 1.807) is 0 Å². The summed E-state index contributed by atoms with van der Waals surface area (Å²) in [4.78, 5) is 11.7. The largest absolute Gasteiger partial charge is 0.322 e. The predicted molar refractivity (Wildman–Crippen MR) is 63.6 cm³/mol. The summed E-state index contributed by atoms with van der Waals surface area (Å²) in [6.45, 7) is 0. The van der Waals surface area contributed by atoms with Crippen LogP contribution in [-0.2, 0) is 4.79 Å². The van der Waals surface area contributed by atoms with E-state index >= 15 is 0 Å². The Morgan fingerprint density at radius 1 is 1.38 bits per heavy atom. The molecule has 84 valence electrons. The normalized spacial score (nSPS) is 31.2. The van der Waals surface area contributed by atoms with E-state index in [1.807, 2.05) is 0 Å². The fraction of sp³-hybridized carbons (Fsp3) is 0.364. The topological polar surface area (TPSA) is 29.1 Å². The average Bonchev–Trinajstić information content (AvgIpc) is 2.99. The van der Waals surface area contributed by atoms with Gasteiger partial charge in [0.15, 0.2) is 0 Å². The molecule has 1 aromatic carbocycles. The fourth-order valence-corrected chi connectivity index (χ4v) is 3.25. The minimum atomic E-state index is -0.681. The number of amides is 1. The number of alkyl halides is 1. The number of carbonyl (C=O) groups excluding carboxylic acids is 1. The lowest BCUT2D eigenvalue weighted by atomic mass is 10.1. The third-order valence-corrected chi connectivity index (χ3v) is 4.69. The number of fused-ring (bicyclic) bond motifs is 3. The summed E-state index contributed by atoms with van der Waals surface area (Å²) >= 11 is 2.07. The van der Waals surface area contributed by atoms with Crippen LogP contribution in [0.2, 0.25) is 0 Å².